The van der Waals surface area contributed by atoms with Crippen LogP contribution in [-0.2, 0) is 0 Å². The van der Waals surface area contributed by atoms with Crippen molar-refractivity contribution in [2.45, 2.75) is 12.0 Å². The van der Waals surface area contributed by atoms with Crippen LogP contribution in [0.5, 0.6) is 5.75 Å². The maximum absolute atomic E-state index is 6.97. The van der Waals surface area contributed by atoms with Crippen molar-refractivity contribution in [3.8, 4) is 50.3 Å². The monoisotopic (exact) mass is 680 g/mol. The van der Waals surface area contributed by atoms with Crippen LogP contribution in [0, 0.1) is 0 Å². The van der Waals surface area contributed by atoms with Crippen LogP contribution in [0.2, 0.25) is 0 Å². The lowest BCUT2D eigenvalue weighted by atomic mass is 9.80. The molecule has 0 radical (unpaired) electrons. The molecule has 1 nitrogen and oxygen atoms in total. The maximum atomic E-state index is 6.97. The quantitative estimate of drug-likeness (QED) is 0.168. The Morgan fingerprint density at radius 3 is 1.71 bits per heavy atom. The van der Waals surface area contributed by atoms with Crippen LogP contribution < -0.4 is 4.74 Å². The number of allylic oxidation sites excluding steroid dienone is 2. The van der Waals surface area contributed by atoms with Gasteiger partial charge in [0.1, 0.15) is 11.9 Å². The van der Waals surface area contributed by atoms with Gasteiger partial charge >= 0.3 is 0 Å². The van der Waals surface area contributed by atoms with E-state index in [0.717, 1.165) is 11.3 Å². The molecular formula is C50H32OS. The minimum Gasteiger partial charge on any atom is -0.484 e. The zero-order valence-electron chi connectivity index (χ0n) is 28.3. The topological polar surface area (TPSA) is 9.23 Å². The van der Waals surface area contributed by atoms with Crippen LogP contribution in [0.1, 0.15) is 11.5 Å². The van der Waals surface area contributed by atoms with Crippen LogP contribution in [-0.4, -0.2) is 6.10 Å². The van der Waals surface area contributed by atoms with Gasteiger partial charge in [0.05, 0.1) is 0 Å². The fourth-order valence-corrected chi connectivity index (χ4v) is 9.77. The van der Waals surface area contributed by atoms with E-state index in [9.17, 15) is 0 Å². The molecule has 0 spiro atoms. The molecule has 2 unspecified atom stereocenters. The van der Waals surface area contributed by atoms with Crippen molar-refractivity contribution in [2.24, 2.45) is 0 Å². The second kappa shape index (κ2) is 11.7. The average molecular weight is 681 g/mol. The number of hydrogen-bond donors (Lipinski definition) is 0. The lowest BCUT2D eigenvalue weighted by Gasteiger charge is -2.21. The number of hydrogen-bond acceptors (Lipinski definition) is 2. The number of benzene rings is 8. The summed E-state index contributed by atoms with van der Waals surface area (Å²) in [5.41, 5.74) is 11.1. The predicted molar refractivity (Wildman–Crippen MR) is 222 cm³/mol. The minimum atomic E-state index is -0.0365. The molecule has 2 heterocycles. The first-order chi connectivity index (χ1) is 25.8. The standard InChI is InChI=1S/C50H32OS/c1-2-12-31(13-3-1)32-22-24-33(25-23-32)47-37-15-4-6-17-39(37)48(40-18-7-5-16-38(40)47)42-28-27-35(50-49(42)41-19-8-10-20-44(41)51-50)34-26-29-46-43(30-34)36-14-9-11-21-45(36)52-46/h1-30,41,44H. The van der Waals surface area contributed by atoms with E-state index in [1.54, 1.807) is 0 Å². The second-order valence-electron chi connectivity index (χ2n) is 13.9. The molecule has 0 fully saturated rings. The van der Waals surface area contributed by atoms with Crippen LogP contribution in [0.3, 0.4) is 0 Å². The minimum absolute atomic E-state index is 0.0365. The highest BCUT2D eigenvalue weighted by atomic mass is 32.1. The van der Waals surface area contributed by atoms with E-state index >= 15 is 0 Å². The first kappa shape index (κ1) is 29.5. The molecule has 0 N–H and O–H groups in total. The Hall–Kier alpha value is -6.22. The maximum Gasteiger partial charge on any atom is 0.132 e. The molecule has 52 heavy (non-hydrogen) atoms. The van der Waals surface area contributed by atoms with E-state index in [4.69, 9.17) is 4.74 Å². The van der Waals surface area contributed by atoms with Crippen molar-refractivity contribution in [1.29, 1.82) is 0 Å². The number of fused-ring (bicyclic) bond motifs is 8. The van der Waals surface area contributed by atoms with E-state index < -0.39 is 0 Å². The highest BCUT2D eigenvalue weighted by molar-refractivity contribution is 7.25. The lowest BCUT2D eigenvalue weighted by molar-refractivity contribution is 0.270. The van der Waals surface area contributed by atoms with Crippen molar-refractivity contribution in [2.75, 3.05) is 0 Å². The molecule has 2 atom stereocenters. The van der Waals surface area contributed by atoms with Gasteiger partial charge in [-0.1, -0.05) is 158 Å². The van der Waals surface area contributed by atoms with Gasteiger partial charge in [-0.25, -0.2) is 0 Å². The summed E-state index contributed by atoms with van der Waals surface area (Å²) in [6, 6.07) is 57.9. The van der Waals surface area contributed by atoms with Gasteiger partial charge in [-0.15, -0.1) is 11.3 Å². The summed E-state index contributed by atoms with van der Waals surface area (Å²) in [4.78, 5) is 0. The normalized spacial score (nSPS) is 16.1. The highest BCUT2D eigenvalue weighted by Crippen LogP contribution is 2.54. The fraction of sp³-hybridized carbons (Fsp3) is 0.0400. The summed E-state index contributed by atoms with van der Waals surface area (Å²) in [7, 11) is 0. The molecule has 2 heteroatoms. The van der Waals surface area contributed by atoms with Crippen LogP contribution in [0.4, 0.5) is 0 Å². The molecule has 1 aromatic heterocycles. The molecule has 0 saturated carbocycles. The van der Waals surface area contributed by atoms with E-state index in [2.05, 4.69) is 182 Å². The van der Waals surface area contributed by atoms with E-state index in [1.165, 1.54) is 86.2 Å². The van der Waals surface area contributed by atoms with Gasteiger partial charge < -0.3 is 4.74 Å². The predicted octanol–water partition coefficient (Wildman–Crippen LogP) is 14.0. The molecule has 9 aromatic rings. The summed E-state index contributed by atoms with van der Waals surface area (Å²) in [5, 5.41) is 7.63. The van der Waals surface area contributed by atoms with E-state index in [0.29, 0.717) is 0 Å². The van der Waals surface area contributed by atoms with Gasteiger partial charge in [-0.05, 0) is 84.8 Å². The highest BCUT2D eigenvalue weighted by Gasteiger charge is 2.37. The van der Waals surface area contributed by atoms with Crippen molar-refractivity contribution >= 4 is 53.1 Å². The fourth-order valence-electron chi connectivity index (χ4n) is 8.68. The third-order valence-corrected chi connectivity index (χ3v) is 12.2. The summed E-state index contributed by atoms with van der Waals surface area (Å²) < 4.78 is 9.60. The summed E-state index contributed by atoms with van der Waals surface area (Å²) >= 11 is 1.86. The van der Waals surface area contributed by atoms with Gasteiger partial charge in [0.25, 0.3) is 0 Å². The van der Waals surface area contributed by atoms with E-state index in [-0.39, 0.29) is 12.0 Å². The number of ether oxygens (including phenoxy) is 1. The molecule has 0 saturated heterocycles. The van der Waals surface area contributed by atoms with Gasteiger partial charge in [0.2, 0.25) is 0 Å². The molecule has 1 aliphatic carbocycles. The zero-order valence-corrected chi connectivity index (χ0v) is 29.1. The van der Waals surface area contributed by atoms with Crippen LogP contribution in [0.15, 0.2) is 182 Å². The first-order valence-electron chi connectivity index (χ1n) is 18.0. The summed E-state index contributed by atoms with van der Waals surface area (Å²) in [6.07, 6.45) is 8.81. The van der Waals surface area contributed by atoms with Crippen LogP contribution in [0.25, 0.3) is 86.2 Å². The molecule has 244 valence electrons. The average Bonchev–Trinajstić information content (AvgIpc) is 3.79. The van der Waals surface area contributed by atoms with Gasteiger partial charge in [-0.3, -0.25) is 0 Å². The zero-order chi connectivity index (χ0) is 34.2. The molecule has 0 bridgehead atoms. The molecule has 11 rings (SSSR count). The Morgan fingerprint density at radius 1 is 0.404 bits per heavy atom. The molecule has 0 amide bonds. The number of thiophene rings is 1. The van der Waals surface area contributed by atoms with Crippen molar-refractivity contribution in [3.63, 3.8) is 0 Å². The molecule has 2 aliphatic rings. The first-order valence-corrected chi connectivity index (χ1v) is 18.8. The Morgan fingerprint density at radius 2 is 0.962 bits per heavy atom. The van der Waals surface area contributed by atoms with Gasteiger partial charge in [-0.2, -0.15) is 0 Å². The lowest BCUT2D eigenvalue weighted by Crippen LogP contribution is -2.15. The van der Waals surface area contributed by atoms with Gasteiger partial charge in [0.15, 0.2) is 0 Å². The summed E-state index contributed by atoms with van der Waals surface area (Å²) in [5.74, 6) is 1.12. The Balaban J connectivity index is 1.15. The second-order valence-corrected chi connectivity index (χ2v) is 15.0. The van der Waals surface area contributed by atoms with Crippen molar-refractivity contribution < 1.29 is 4.74 Å². The largest absolute Gasteiger partial charge is 0.484 e. The SMILES string of the molecule is C1=CC2Oc3c(-c4ccc5sc6ccccc6c5c4)ccc(-c4c5ccccc5c(-c5ccc(-c6ccccc6)cc5)c5ccccc45)c3C2C=C1. The van der Waals surface area contributed by atoms with Crippen LogP contribution >= 0.6 is 11.3 Å². The number of rotatable bonds is 4. The van der Waals surface area contributed by atoms with Gasteiger partial charge in [0, 0.05) is 37.2 Å². The molecular weight excluding hydrogens is 649 g/mol. The molecule has 8 aromatic carbocycles. The summed E-state index contributed by atoms with van der Waals surface area (Å²) in [6.45, 7) is 0. The smallest absolute Gasteiger partial charge is 0.132 e. The van der Waals surface area contributed by atoms with Crippen molar-refractivity contribution in [1.82, 2.24) is 0 Å². The third kappa shape index (κ3) is 4.48. The third-order valence-electron chi connectivity index (χ3n) is 11.0. The van der Waals surface area contributed by atoms with E-state index in [1.807, 2.05) is 11.3 Å². The van der Waals surface area contributed by atoms with Crippen molar-refractivity contribution in [3.05, 3.63) is 188 Å². The molecule has 1 aliphatic heterocycles. The Kier molecular flexibility index (Phi) is 6.62. The Bertz CT molecular complexity index is 2870. The Labute approximate surface area is 306 Å².